The summed E-state index contributed by atoms with van der Waals surface area (Å²) in [7, 11) is 0. The van der Waals surface area contributed by atoms with E-state index in [2.05, 4.69) is 16.7 Å². The minimum absolute atomic E-state index is 0.720. The van der Waals surface area contributed by atoms with Crippen LogP contribution < -0.4 is 11.2 Å². The van der Waals surface area contributed by atoms with Gasteiger partial charge in [0.2, 0.25) is 0 Å². The predicted octanol–water partition coefficient (Wildman–Crippen LogP) is 0.310. The van der Waals surface area contributed by atoms with Crippen molar-refractivity contribution in [2.75, 3.05) is 13.1 Å². The molecular weight excluding hydrogens is 128 g/mol. The molecule has 0 unspecified atom stereocenters. The Bertz CT molecular complexity index is 163. The van der Waals surface area contributed by atoms with Crippen LogP contribution in [0.2, 0.25) is 0 Å². The van der Waals surface area contributed by atoms with Gasteiger partial charge in [0.05, 0.1) is 6.54 Å². The minimum atomic E-state index is 0.720. The zero-order valence-corrected chi connectivity index (χ0v) is 5.89. The van der Waals surface area contributed by atoms with Crippen molar-refractivity contribution in [2.24, 2.45) is 5.90 Å². The molecule has 1 rings (SSSR count). The number of hydrogen-bond donors (Lipinski definition) is 2. The first-order valence-electron chi connectivity index (χ1n) is 3.30. The molecule has 0 spiro atoms. The maximum absolute atomic E-state index is 5.02. The van der Waals surface area contributed by atoms with Gasteiger partial charge in [0.15, 0.2) is 0 Å². The Morgan fingerprint density at radius 3 is 3.00 bits per heavy atom. The highest BCUT2D eigenvalue weighted by Gasteiger charge is 2.09. The number of rotatable bonds is 2. The summed E-state index contributed by atoms with van der Waals surface area (Å²) in [5.41, 5.74) is 1.11. The van der Waals surface area contributed by atoms with Crippen molar-refractivity contribution in [3.05, 3.63) is 24.0 Å². The van der Waals surface area contributed by atoms with Crippen LogP contribution in [0.25, 0.3) is 0 Å². The molecule has 10 heavy (non-hydrogen) atoms. The van der Waals surface area contributed by atoms with E-state index in [9.17, 15) is 0 Å². The van der Waals surface area contributed by atoms with Crippen molar-refractivity contribution >= 4 is 0 Å². The van der Waals surface area contributed by atoms with E-state index < -0.39 is 0 Å². The van der Waals surface area contributed by atoms with Crippen LogP contribution in [0, 0.1) is 0 Å². The van der Waals surface area contributed by atoms with Crippen molar-refractivity contribution in [1.82, 2.24) is 5.32 Å². The second-order valence-electron chi connectivity index (χ2n) is 2.20. The molecule has 0 atom stereocenters. The molecule has 0 aromatic heterocycles. The molecule has 3 nitrogen and oxygen atoms in total. The molecule has 0 aliphatic carbocycles. The van der Waals surface area contributed by atoms with Crippen LogP contribution >= 0.6 is 0 Å². The van der Waals surface area contributed by atoms with Gasteiger partial charge in [-0.3, -0.25) is 0 Å². The predicted molar refractivity (Wildman–Crippen MR) is 40.0 cm³/mol. The lowest BCUT2D eigenvalue weighted by Crippen LogP contribution is -2.27. The van der Waals surface area contributed by atoms with E-state index in [4.69, 9.17) is 5.90 Å². The lowest BCUT2D eigenvalue weighted by molar-refractivity contribution is 0.204. The normalized spacial score (nSPS) is 18.9. The quantitative estimate of drug-likeness (QED) is 0.543. The van der Waals surface area contributed by atoms with Crippen molar-refractivity contribution in [2.45, 2.75) is 6.42 Å². The Labute approximate surface area is 60.5 Å². The minimum Gasteiger partial charge on any atom is -0.414 e. The summed E-state index contributed by atoms with van der Waals surface area (Å²) < 4.78 is 0. The van der Waals surface area contributed by atoms with Crippen molar-refractivity contribution in [3.8, 4) is 0 Å². The van der Waals surface area contributed by atoms with Crippen LogP contribution in [0.15, 0.2) is 24.0 Å². The van der Waals surface area contributed by atoms with Gasteiger partial charge in [-0.1, -0.05) is 12.7 Å². The molecule has 1 heterocycles. The Morgan fingerprint density at radius 2 is 2.50 bits per heavy atom. The van der Waals surface area contributed by atoms with Gasteiger partial charge in [0.25, 0.3) is 0 Å². The highest BCUT2D eigenvalue weighted by molar-refractivity contribution is 5.23. The molecular formula is C7H12N2O. The molecule has 56 valence electrons. The highest BCUT2D eigenvalue weighted by atomic mass is 16.6. The smallest absolute Gasteiger partial charge is 0.140 e. The molecule has 1 aliphatic heterocycles. The molecule has 0 fully saturated rings. The van der Waals surface area contributed by atoms with Gasteiger partial charge in [-0.2, -0.15) is 5.90 Å². The topological polar surface area (TPSA) is 47.3 Å². The first-order valence-corrected chi connectivity index (χ1v) is 3.30. The Morgan fingerprint density at radius 1 is 1.70 bits per heavy atom. The average molecular weight is 140 g/mol. The SMILES string of the molecule is C=CC1=C(ON)CNCC1. The number of nitrogens with two attached hydrogens (primary N) is 1. The van der Waals surface area contributed by atoms with Gasteiger partial charge >= 0.3 is 0 Å². The van der Waals surface area contributed by atoms with Gasteiger partial charge in [0.1, 0.15) is 5.76 Å². The second-order valence-corrected chi connectivity index (χ2v) is 2.20. The van der Waals surface area contributed by atoms with Crippen LogP contribution in [0.5, 0.6) is 0 Å². The van der Waals surface area contributed by atoms with Gasteiger partial charge in [-0.05, 0) is 18.5 Å². The number of hydrogen-bond acceptors (Lipinski definition) is 3. The van der Waals surface area contributed by atoms with Crippen LogP contribution in [-0.2, 0) is 4.84 Å². The molecule has 1 aliphatic rings. The summed E-state index contributed by atoms with van der Waals surface area (Å²) in [5.74, 6) is 5.83. The van der Waals surface area contributed by atoms with E-state index in [0.717, 1.165) is 30.8 Å². The fourth-order valence-electron chi connectivity index (χ4n) is 1.01. The van der Waals surface area contributed by atoms with Gasteiger partial charge in [0, 0.05) is 0 Å². The molecule has 0 saturated carbocycles. The molecule has 3 heteroatoms. The van der Waals surface area contributed by atoms with E-state index in [1.807, 2.05) is 0 Å². The van der Waals surface area contributed by atoms with Crippen molar-refractivity contribution < 1.29 is 4.84 Å². The van der Waals surface area contributed by atoms with Crippen LogP contribution in [0.4, 0.5) is 0 Å². The van der Waals surface area contributed by atoms with E-state index >= 15 is 0 Å². The number of nitrogens with one attached hydrogen (secondary N) is 1. The summed E-state index contributed by atoms with van der Waals surface area (Å²) in [6, 6.07) is 0. The number of allylic oxidation sites excluding steroid dienone is 1. The first kappa shape index (κ1) is 7.31. The molecule has 0 saturated heterocycles. The van der Waals surface area contributed by atoms with Gasteiger partial charge in [-0.15, -0.1) is 0 Å². The monoisotopic (exact) mass is 140 g/mol. The fourth-order valence-corrected chi connectivity index (χ4v) is 1.01. The lowest BCUT2D eigenvalue weighted by atomic mass is 10.1. The van der Waals surface area contributed by atoms with Gasteiger partial charge < -0.3 is 10.2 Å². The van der Waals surface area contributed by atoms with E-state index in [0.29, 0.717) is 0 Å². The standard InChI is InChI=1S/C7H12N2O/c1-2-6-3-4-9-5-7(6)10-8/h2,9H,1,3-5,8H2. The third-order valence-corrected chi connectivity index (χ3v) is 1.60. The molecule has 0 amide bonds. The van der Waals surface area contributed by atoms with Gasteiger partial charge in [-0.25, -0.2) is 0 Å². The zero-order valence-electron chi connectivity index (χ0n) is 5.89. The summed E-state index contributed by atoms with van der Waals surface area (Å²) in [6.07, 6.45) is 2.75. The maximum Gasteiger partial charge on any atom is 0.140 e. The van der Waals surface area contributed by atoms with Crippen molar-refractivity contribution in [3.63, 3.8) is 0 Å². The molecule has 0 aromatic carbocycles. The first-order chi connectivity index (χ1) is 4.88. The van der Waals surface area contributed by atoms with Crippen LogP contribution in [0.3, 0.4) is 0 Å². The Hall–Kier alpha value is -0.800. The summed E-state index contributed by atoms with van der Waals surface area (Å²) in [6.45, 7) is 5.36. The maximum atomic E-state index is 5.02. The molecule has 0 aromatic rings. The van der Waals surface area contributed by atoms with Crippen molar-refractivity contribution in [1.29, 1.82) is 0 Å². The molecule has 0 radical (unpaired) electrons. The summed E-state index contributed by atoms with van der Waals surface area (Å²) in [5, 5.41) is 3.14. The van der Waals surface area contributed by atoms with Crippen LogP contribution in [-0.4, -0.2) is 13.1 Å². The highest BCUT2D eigenvalue weighted by Crippen LogP contribution is 2.12. The fraction of sp³-hybridized carbons (Fsp3) is 0.429. The summed E-state index contributed by atoms with van der Waals surface area (Å²) >= 11 is 0. The molecule has 3 N–H and O–H groups in total. The second kappa shape index (κ2) is 3.39. The summed E-state index contributed by atoms with van der Waals surface area (Å²) in [4.78, 5) is 4.64. The average Bonchev–Trinajstić information content (AvgIpc) is 2.04. The van der Waals surface area contributed by atoms with E-state index in [1.165, 1.54) is 0 Å². The molecule has 0 bridgehead atoms. The third-order valence-electron chi connectivity index (χ3n) is 1.60. The lowest BCUT2D eigenvalue weighted by Gasteiger charge is -2.16. The van der Waals surface area contributed by atoms with E-state index in [1.54, 1.807) is 6.08 Å². The van der Waals surface area contributed by atoms with Crippen LogP contribution in [0.1, 0.15) is 6.42 Å². The Balaban J connectivity index is 2.72. The Kier molecular flexibility index (Phi) is 2.48. The largest absolute Gasteiger partial charge is 0.414 e. The van der Waals surface area contributed by atoms with E-state index in [-0.39, 0.29) is 0 Å². The zero-order chi connectivity index (χ0) is 7.40. The third kappa shape index (κ3) is 1.37.